The van der Waals surface area contributed by atoms with Crippen LogP contribution in [-0.2, 0) is 3.07 Å². The summed E-state index contributed by atoms with van der Waals surface area (Å²) >= 11 is 1.92. The highest BCUT2D eigenvalue weighted by Crippen LogP contribution is 1.96. The molecule has 0 aliphatic heterocycles. The summed E-state index contributed by atoms with van der Waals surface area (Å²) in [7, 11) is 4.07. The molecule has 0 aliphatic rings. The molecule has 0 spiro atoms. The van der Waals surface area contributed by atoms with Crippen molar-refractivity contribution < 1.29 is 3.07 Å². The first-order valence-electron chi connectivity index (χ1n) is 2.59. The Balaban J connectivity index is 3.10. The lowest BCUT2D eigenvalue weighted by Crippen LogP contribution is -2.23. The van der Waals surface area contributed by atoms with Gasteiger partial charge >= 0.3 is 0 Å². The molecule has 0 amide bonds. The number of hydrogen-bond acceptors (Lipinski definition) is 2. The van der Waals surface area contributed by atoms with Crippen LogP contribution < -0.4 is 0 Å². The Bertz CT molecular complexity index is 58.4. The van der Waals surface area contributed by atoms with Gasteiger partial charge in [0.1, 0.15) is 23.0 Å². The van der Waals surface area contributed by atoms with Crippen LogP contribution in [0.2, 0.25) is 0 Å². The molecule has 0 aliphatic carbocycles. The zero-order valence-corrected chi connectivity index (χ0v) is 7.68. The Morgan fingerprint density at radius 1 is 1.62 bits per heavy atom. The van der Waals surface area contributed by atoms with Gasteiger partial charge in [-0.3, -0.25) is 0 Å². The average Bonchev–Trinajstić information content (AvgIpc) is 1.65. The lowest BCUT2D eigenvalue weighted by Gasteiger charge is -2.12. The second kappa shape index (κ2) is 4.52. The second-order valence-corrected chi connectivity index (χ2v) is 2.67. The quantitative estimate of drug-likeness (QED) is 0.676. The molecule has 0 radical (unpaired) electrons. The molecule has 0 saturated carbocycles. The van der Waals surface area contributed by atoms with E-state index in [2.05, 4.69) is 4.90 Å². The fourth-order valence-electron chi connectivity index (χ4n) is 0.542. The lowest BCUT2D eigenvalue weighted by atomic mass is 10.4. The summed E-state index contributed by atoms with van der Waals surface area (Å²) in [6.45, 7) is 3.04. The number of likely N-dealkylation sites (N-methyl/N-ethyl adjacent to an activating group) is 1. The van der Waals surface area contributed by atoms with Gasteiger partial charge in [0.15, 0.2) is 0 Å². The Hall–Kier alpha value is 0.650. The molecule has 0 rings (SSSR count). The van der Waals surface area contributed by atoms with Crippen molar-refractivity contribution in [2.45, 2.75) is 13.0 Å². The molecular weight excluding hydrogens is 217 g/mol. The molecule has 3 heteroatoms. The summed E-state index contributed by atoms with van der Waals surface area (Å²) in [5.74, 6) is 0. The first-order chi connectivity index (χ1) is 3.66. The highest BCUT2D eigenvalue weighted by Gasteiger charge is 1.99. The molecule has 0 saturated heterocycles. The van der Waals surface area contributed by atoms with Crippen LogP contribution in [0, 0.1) is 0 Å². The van der Waals surface area contributed by atoms with Crippen LogP contribution in [0.5, 0.6) is 0 Å². The van der Waals surface area contributed by atoms with E-state index in [1.165, 1.54) is 0 Å². The maximum atomic E-state index is 4.99. The van der Waals surface area contributed by atoms with Crippen molar-refractivity contribution in [3.63, 3.8) is 0 Å². The monoisotopic (exact) mass is 229 g/mol. The van der Waals surface area contributed by atoms with Gasteiger partial charge in [-0.25, -0.2) is 0 Å². The summed E-state index contributed by atoms with van der Waals surface area (Å²) in [4.78, 5) is 2.10. The summed E-state index contributed by atoms with van der Waals surface area (Å²) in [6.07, 6.45) is 0.339. The van der Waals surface area contributed by atoms with Crippen molar-refractivity contribution in [2.24, 2.45) is 0 Å². The van der Waals surface area contributed by atoms with Gasteiger partial charge in [0.25, 0.3) is 0 Å². The average molecular weight is 229 g/mol. The zero-order valence-electron chi connectivity index (χ0n) is 5.52. The highest BCUT2D eigenvalue weighted by atomic mass is 127. The molecule has 0 aromatic heterocycles. The Morgan fingerprint density at radius 3 is 2.25 bits per heavy atom. The Morgan fingerprint density at radius 2 is 2.12 bits per heavy atom. The molecule has 0 fully saturated rings. The van der Waals surface area contributed by atoms with Gasteiger partial charge in [-0.1, -0.05) is 0 Å². The normalized spacial score (nSPS) is 14.6. The molecule has 0 N–H and O–H groups in total. The SMILES string of the molecule is CC(CN(C)C)OI. The lowest BCUT2D eigenvalue weighted by molar-refractivity contribution is 0.234. The molecule has 1 atom stereocenters. The molecule has 8 heavy (non-hydrogen) atoms. The van der Waals surface area contributed by atoms with Crippen molar-refractivity contribution in [1.29, 1.82) is 0 Å². The first-order valence-corrected chi connectivity index (χ1v) is 3.47. The molecule has 1 unspecified atom stereocenters. The smallest absolute Gasteiger partial charge is 0.110 e. The van der Waals surface area contributed by atoms with Crippen LogP contribution in [0.4, 0.5) is 0 Å². The predicted octanol–water partition coefficient (Wildman–Crippen LogP) is 1.30. The van der Waals surface area contributed by atoms with E-state index in [0.717, 1.165) is 6.54 Å². The van der Waals surface area contributed by atoms with Crippen LogP contribution in [0.15, 0.2) is 0 Å². The minimum Gasteiger partial charge on any atom is -0.311 e. The van der Waals surface area contributed by atoms with Gasteiger partial charge in [-0.05, 0) is 21.0 Å². The van der Waals surface area contributed by atoms with E-state index < -0.39 is 0 Å². The minimum atomic E-state index is 0.339. The van der Waals surface area contributed by atoms with Gasteiger partial charge in [-0.15, -0.1) is 0 Å². The van der Waals surface area contributed by atoms with Gasteiger partial charge in [0.2, 0.25) is 0 Å². The fourth-order valence-corrected chi connectivity index (χ4v) is 0.703. The molecule has 50 valence electrons. The van der Waals surface area contributed by atoms with E-state index in [1.54, 1.807) is 0 Å². The maximum absolute atomic E-state index is 4.99. The van der Waals surface area contributed by atoms with E-state index in [-0.39, 0.29) is 0 Å². The van der Waals surface area contributed by atoms with Crippen molar-refractivity contribution >= 4 is 23.0 Å². The standard InChI is InChI=1S/C5H12INO/c1-5(8-6)4-7(2)3/h5H,4H2,1-3H3. The molecule has 0 aromatic rings. The molecule has 0 aromatic carbocycles. The van der Waals surface area contributed by atoms with Crippen LogP contribution >= 0.6 is 23.0 Å². The Labute approximate surface area is 64.9 Å². The Kier molecular flexibility index (Phi) is 4.89. The van der Waals surface area contributed by atoms with Crippen molar-refractivity contribution in [2.75, 3.05) is 20.6 Å². The van der Waals surface area contributed by atoms with Crippen LogP contribution in [0.25, 0.3) is 0 Å². The number of hydrogen-bond donors (Lipinski definition) is 0. The summed E-state index contributed by atoms with van der Waals surface area (Å²) in [5, 5.41) is 0. The van der Waals surface area contributed by atoms with E-state index >= 15 is 0 Å². The number of rotatable bonds is 3. The third-order valence-electron chi connectivity index (χ3n) is 0.774. The van der Waals surface area contributed by atoms with Crippen LogP contribution in [-0.4, -0.2) is 31.6 Å². The van der Waals surface area contributed by atoms with Gasteiger partial charge in [0, 0.05) is 6.54 Å². The zero-order chi connectivity index (χ0) is 6.57. The number of halogens is 1. The van der Waals surface area contributed by atoms with Gasteiger partial charge in [0.05, 0.1) is 6.10 Å². The predicted molar refractivity (Wildman–Crippen MR) is 43.1 cm³/mol. The first kappa shape index (κ1) is 8.65. The number of nitrogens with zero attached hydrogens (tertiary/aromatic N) is 1. The van der Waals surface area contributed by atoms with Gasteiger partial charge < -0.3 is 7.97 Å². The van der Waals surface area contributed by atoms with Crippen molar-refractivity contribution in [1.82, 2.24) is 4.90 Å². The topological polar surface area (TPSA) is 12.5 Å². The van der Waals surface area contributed by atoms with E-state index in [1.807, 2.05) is 44.0 Å². The third-order valence-corrected chi connectivity index (χ3v) is 1.64. The van der Waals surface area contributed by atoms with Crippen LogP contribution in [0.1, 0.15) is 6.92 Å². The molecular formula is C5H12INO. The van der Waals surface area contributed by atoms with E-state index in [9.17, 15) is 0 Å². The van der Waals surface area contributed by atoms with Crippen LogP contribution in [0.3, 0.4) is 0 Å². The van der Waals surface area contributed by atoms with Crippen molar-refractivity contribution in [3.05, 3.63) is 0 Å². The third kappa shape index (κ3) is 4.80. The summed E-state index contributed by atoms with van der Waals surface area (Å²) < 4.78 is 4.99. The van der Waals surface area contributed by atoms with E-state index in [4.69, 9.17) is 3.07 Å². The largest absolute Gasteiger partial charge is 0.311 e. The summed E-state index contributed by atoms with van der Waals surface area (Å²) in [6, 6.07) is 0. The maximum Gasteiger partial charge on any atom is 0.110 e. The molecule has 2 nitrogen and oxygen atoms in total. The second-order valence-electron chi connectivity index (χ2n) is 2.16. The highest BCUT2D eigenvalue weighted by molar-refractivity contribution is 14.1. The fraction of sp³-hybridized carbons (Fsp3) is 1.00. The van der Waals surface area contributed by atoms with E-state index in [0.29, 0.717) is 6.10 Å². The summed E-state index contributed by atoms with van der Waals surface area (Å²) in [5.41, 5.74) is 0. The molecule has 0 bridgehead atoms. The van der Waals surface area contributed by atoms with Crippen molar-refractivity contribution in [3.8, 4) is 0 Å². The molecule has 0 heterocycles. The van der Waals surface area contributed by atoms with Gasteiger partial charge in [-0.2, -0.15) is 0 Å². The minimum absolute atomic E-state index is 0.339.